The number of hydrogen-bond acceptors (Lipinski definition) is 4. The van der Waals surface area contributed by atoms with E-state index in [-0.39, 0.29) is 18.1 Å². The molecule has 1 unspecified atom stereocenters. The first-order chi connectivity index (χ1) is 12.5. The van der Waals surface area contributed by atoms with Crippen LogP contribution in [0, 0.1) is 0 Å². The van der Waals surface area contributed by atoms with Crippen molar-refractivity contribution in [2.45, 2.75) is 32.9 Å². The zero-order chi connectivity index (χ0) is 20.2. The van der Waals surface area contributed by atoms with E-state index in [0.29, 0.717) is 17.0 Å². The molecule has 1 atom stereocenters. The number of hydrogen-bond donors (Lipinski definition) is 2. The molecule has 0 radical (unpaired) electrons. The molecule has 2 rings (SSSR count). The maximum Gasteiger partial charge on any atom is 0.255 e. The molecule has 2 aromatic rings. The Morgan fingerprint density at radius 2 is 1.81 bits per heavy atom. The average Bonchev–Trinajstić information content (AvgIpc) is 2.52. The van der Waals surface area contributed by atoms with E-state index in [1.54, 1.807) is 36.4 Å². The number of anilines is 1. The molecule has 2 N–H and O–H groups in total. The number of ether oxygens (including phenoxy) is 1. The molecule has 2 aromatic carbocycles. The van der Waals surface area contributed by atoms with Crippen molar-refractivity contribution < 1.29 is 17.9 Å². The summed E-state index contributed by atoms with van der Waals surface area (Å²) in [4.78, 5) is 12.7. The Bertz CT molecular complexity index is 929. The Kier molecular flexibility index (Phi) is 6.89. The van der Waals surface area contributed by atoms with Crippen molar-refractivity contribution in [2.75, 3.05) is 11.0 Å². The van der Waals surface area contributed by atoms with Crippen molar-refractivity contribution in [3.63, 3.8) is 0 Å². The quantitative estimate of drug-likeness (QED) is 0.659. The minimum absolute atomic E-state index is 0.0676. The van der Waals surface area contributed by atoms with Crippen LogP contribution in [0.2, 0.25) is 0 Å². The van der Waals surface area contributed by atoms with Crippen molar-refractivity contribution in [1.82, 2.24) is 5.32 Å². The Morgan fingerprint density at radius 3 is 2.44 bits per heavy atom. The summed E-state index contributed by atoms with van der Waals surface area (Å²) in [5.41, 5.74) is 1.66. The molecule has 0 aromatic heterocycles. The van der Waals surface area contributed by atoms with E-state index in [1.807, 2.05) is 26.8 Å². The number of rotatable bonds is 7. The smallest absolute Gasteiger partial charge is 0.255 e. The molecule has 0 aliphatic heterocycles. The molecule has 6 nitrogen and oxygen atoms in total. The highest BCUT2D eigenvalue weighted by Crippen LogP contribution is 2.26. The number of nitrogens with one attached hydrogen (secondary N) is 2. The molecule has 1 amide bonds. The van der Waals surface area contributed by atoms with E-state index in [2.05, 4.69) is 26.0 Å². The van der Waals surface area contributed by atoms with Crippen molar-refractivity contribution >= 4 is 37.5 Å². The Labute approximate surface area is 168 Å². The van der Waals surface area contributed by atoms with Crippen LogP contribution in [-0.4, -0.2) is 26.7 Å². The van der Waals surface area contributed by atoms with Crippen molar-refractivity contribution in [3.8, 4) is 5.75 Å². The Morgan fingerprint density at radius 1 is 1.11 bits per heavy atom. The topological polar surface area (TPSA) is 84.5 Å². The highest BCUT2D eigenvalue weighted by molar-refractivity contribution is 9.10. The van der Waals surface area contributed by atoms with Crippen LogP contribution in [-0.2, 0) is 10.0 Å². The Hall–Kier alpha value is -2.06. The van der Waals surface area contributed by atoms with Gasteiger partial charge in [-0.2, -0.15) is 0 Å². The summed E-state index contributed by atoms with van der Waals surface area (Å²) < 4.78 is 31.8. The van der Waals surface area contributed by atoms with E-state index in [1.165, 1.54) is 0 Å². The van der Waals surface area contributed by atoms with Gasteiger partial charge in [0.25, 0.3) is 5.91 Å². The van der Waals surface area contributed by atoms with Crippen LogP contribution in [0.1, 0.15) is 42.7 Å². The van der Waals surface area contributed by atoms with E-state index < -0.39 is 10.0 Å². The van der Waals surface area contributed by atoms with Gasteiger partial charge >= 0.3 is 0 Å². The van der Waals surface area contributed by atoms with E-state index in [4.69, 9.17) is 4.74 Å². The molecular formula is C19H23BrN2O4S. The van der Waals surface area contributed by atoms with Gasteiger partial charge in [-0.3, -0.25) is 9.52 Å². The summed E-state index contributed by atoms with van der Waals surface area (Å²) >= 11 is 3.39. The van der Waals surface area contributed by atoms with Gasteiger partial charge in [0.05, 0.1) is 24.0 Å². The van der Waals surface area contributed by atoms with Crippen LogP contribution in [0.3, 0.4) is 0 Å². The van der Waals surface area contributed by atoms with Gasteiger partial charge in [0.2, 0.25) is 10.0 Å². The van der Waals surface area contributed by atoms with Crippen LogP contribution in [0.15, 0.2) is 46.9 Å². The maximum absolute atomic E-state index is 12.7. The minimum atomic E-state index is -3.37. The van der Waals surface area contributed by atoms with Crippen LogP contribution in [0.4, 0.5) is 5.69 Å². The molecule has 0 spiro atoms. The summed E-state index contributed by atoms with van der Waals surface area (Å²) in [6.45, 7) is 5.62. The van der Waals surface area contributed by atoms with E-state index in [0.717, 1.165) is 16.3 Å². The fraction of sp³-hybridized carbons (Fsp3) is 0.316. The molecule has 146 valence electrons. The van der Waals surface area contributed by atoms with Gasteiger partial charge in [0.1, 0.15) is 5.75 Å². The minimum Gasteiger partial charge on any atom is -0.490 e. The maximum atomic E-state index is 12.7. The average molecular weight is 455 g/mol. The second-order valence-corrected chi connectivity index (χ2v) is 9.17. The Balaban J connectivity index is 2.20. The first kappa shape index (κ1) is 21.2. The fourth-order valence-corrected chi connectivity index (χ4v) is 3.37. The second kappa shape index (κ2) is 8.75. The molecule has 0 heterocycles. The van der Waals surface area contributed by atoms with Crippen LogP contribution in [0.5, 0.6) is 5.75 Å². The van der Waals surface area contributed by atoms with Gasteiger partial charge in [-0.15, -0.1) is 0 Å². The van der Waals surface area contributed by atoms with Gasteiger partial charge in [-0.25, -0.2) is 8.42 Å². The highest BCUT2D eigenvalue weighted by Gasteiger charge is 2.17. The number of halogens is 1. The second-order valence-electron chi connectivity index (χ2n) is 6.50. The lowest BCUT2D eigenvalue weighted by atomic mass is 10.1. The monoisotopic (exact) mass is 454 g/mol. The third kappa shape index (κ3) is 6.55. The predicted molar refractivity (Wildman–Crippen MR) is 111 cm³/mol. The molecule has 0 saturated carbocycles. The first-order valence-electron chi connectivity index (χ1n) is 8.40. The summed E-state index contributed by atoms with van der Waals surface area (Å²) in [7, 11) is -3.37. The third-order valence-electron chi connectivity index (χ3n) is 3.59. The van der Waals surface area contributed by atoms with Crippen LogP contribution in [0.25, 0.3) is 0 Å². The van der Waals surface area contributed by atoms with Crippen molar-refractivity contribution in [2.24, 2.45) is 0 Å². The molecule has 0 bridgehead atoms. The summed E-state index contributed by atoms with van der Waals surface area (Å²) in [6, 6.07) is 11.8. The zero-order valence-corrected chi connectivity index (χ0v) is 18.0. The molecule has 0 fully saturated rings. The molecule has 8 heteroatoms. The van der Waals surface area contributed by atoms with Crippen LogP contribution >= 0.6 is 15.9 Å². The standard InChI is InChI=1S/C19H23BrN2O4S/c1-12(2)26-18-11-15(20)8-9-17(18)19(23)21-13(3)14-6-5-7-16(10-14)22-27(4,24)25/h5-13,22H,1-4H3,(H,21,23). The summed E-state index contributed by atoms with van der Waals surface area (Å²) in [5, 5.41) is 2.92. The van der Waals surface area contributed by atoms with Crippen molar-refractivity contribution in [1.29, 1.82) is 0 Å². The van der Waals surface area contributed by atoms with Gasteiger partial charge in [0.15, 0.2) is 0 Å². The normalized spacial score (nSPS) is 12.5. The first-order valence-corrected chi connectivity index (χ1v) is 11.1. The van der Waals surface area contributed by atoms with Gasteiger partial charge in [0, 0.05) is 10.2 Å². The lowest BCUT2D eigenvalue weighted by molar-refractivity contribution is 0.0934. The number of benzene rings is 2. The number of carbonyl (C=O) groups is 1. The third-order valence-corrected chi connectivity index (χ3v) is 4.69. The summed E-state index contributed by atoms with van der Waals surface area (Å²) in [6.07, 6.45) is 1.02. The number of sulfonamides is 1. The van der Waals surface area contributed by atoms with E-state index in [9.17, 15) is 13.2 Å². The summed E-state index contributed by atoms with van der Waals surface area (Å²) in [5.74, 6) is 0.226. The lowest BCUT2D eigenvalue weighted by Gasteiger charge is -2.18. The lowest BCUT2D eigenvalue weighted by Crippen LogP contribution is -2.27. The molecular weight excluding hydrogens is 432 g/mol. The highest BCUT2D eigenvalue weighted by atomic mass is 79.9. The number of amides is 1. The van der Waals surface area contributed by atoms with Gasteiger partial charge in [-0.1, -0.05) is 28.1 Å². The molecule has 0 aliphatic carbocycles. The predicted octanol–water partition coefficient (Wildman–Crippen LogP) is 4.10. The molecule has 0 aliphatic rings. The van der Waals surface area contributed by atoms with Crippen LogP contribution < -0.4 is 14.8 Å². The molecule has 0 saturated heterocycles. The van der Waals surface area contributed by atoms with Gasteiger partial charge < -0.3 is 10.1 Å². The zero-order valence-electron chi connectivity index (χ0n) is 15.6. The van der Waals surface area contributed by atoms with Crippen molar-refractivity contribution in [3.05, 3.63) is 58.1 Å². The fourth-order valence-electron chi connectivity index (χ4n) is 2.48. The van der Waals surface area contributed by atoms with E-state index >= 15 is 0 Å². The van der Waals surface area contributed by atoms with Gasteiger partial charge in [-0.05, 0) is 56.7 Å². The number of carbonyl (C=O) groups excluding carboxylic acids is 1. The largest absolute Gasteiger partial charge is 0.490 e. The SMILES string of the molecule is CC(C)Oc1cc(Br)ccc1C(=O)NC(C)c1cccc(NS(C)(=O)=O)c1. The molecule has 27 heavy (non-hydrogen) atoms.